The maximum atomic E-state index is 10.8. The number of anilines is 1. The molecule has 1 aromatic rings. The van der Waals surface area contributed by atoms with Crippen molar-refractivity contribution < 1.29 is 9.90 Å². The van der Waals surface area contributed by atoms with Crippen molar-refractivity contribution in [2.45, 2.75) is 13.8 Å². The molecular weight excluding hydrogens is 238 g/mol. The number of rotatable bonds is 6. The van der Waals surface area contributed by atoms with E-state index in [9.17, 15) is 4.79 Å². The predicted octanol–water partition coefficient (Wildman–Crippen LogP) is 1.21. The van der Waals surface area contributed by atoms with Crippen LogP contribution < -0.4 is 4.90 Å². The van der Waals surface area contributed by atoms with E-state index in [1.54, 1.807) is 11.3 Å². The summed E-state index contributed by atoms with van der Waals surface area (Å²) in [5, 5.41) is 9.70. The molecule has 17 heavy (non-hydrogen) atoms. The minimum Gasteiger partial charge on any atom is -0.480 e. The molecular formula is C11H19N3O2S. The lowest BCUT2D eigenvalue weighted by Gasteiger charge is -2.21. The van der Waals surface area contributed by atoms with Crippen LogP contribution in [0, 0.1) is 13.8 Å². The number of hydrogen-bond donors (Lipinski definition) is 1. The number of likely N-dealkylation sites (N-methyl/N-ethyl adjacent to an activating group) is 1. The zero-order valence-corrected chi connectivity index (χ0v) is 11.5. The van der Waals surface area contributed by atoms with E-state index in [2.05, 4.69) is 4.98 Å². The van der Waals surface area contributed by atoms with Gasteiger partial charge in [0.2, 0.25) is 0 Å². The Morgan fingerprint density at radius 3 is 2.41 bits per heavy atom. The number of hydrogen-bond acceptors (Lipinski definition) is 5. The fraction of sp³-hybridized carbons (Fsp3) is 0.636. The summed E-state index contributed by atoms with van der Waals surface area (Å²) < 4.78 is 0. The van der Waals surface area contributed by atoms with E-state index in [0.29, 0.717) is 6.54 Å². The molecule has 0 radical (unpaired) electrons. The van der Waals surface area contributed by atoms with Crippen LogP contribution in [0.4, 0.5) is 5.13 Å². The second-order valence-corrected chi connectivity index (χ2v) is 5.44. The second-order valence-electron chi connectivity index (χ2n) is 4.26. The van der Waals surface area contributed by atoms with Gasteiger partial charge in [-0.3, -0.25) is 4.79 Å². The molecule has 0 bridgehead atoms. The van der Waals surface area contributed by atoms with Gasteiger partial charge in [-0.15, -0.1) is 11.3 Å². The Morgan fingerprint density at radius 1 is 1.35 bits per heavy atom. The third-order valence-electron chi connectivity index (χ3n) is 2.43. The molecule has 0 spiro atoms. The number of aliphatic carboxylic acids is 1. The van der Waals surface area contributed by atoms with E-state index < -0.39 is 5.97 Å². The third kappa shape index (κ3) is 4.32. The van der Waals surface area contributed by atoms with Gasteiger partial charge < -0.3 is 14.9 Å². The first-order valence-electron chi connectivity index (χ1n) is 5.45. The van der Waals surface area contributed by atoms with Crippen molar-refractivity contribution in [2.75, 3.05) is 38.6 Å². The van der Waals surface area contributed by atoms with Crippen LogP contribution in [-0.2, 0) is 4.79 Å². The molecule has 0 atom stereocenters. The molecule has 1 N–H and O–H groups in total. The van der Waals surface area contributed by atoms with Gasteiger partial charge in [-0.25, -0.2) is 4.98 Å². The lowest BCUT2D eigenvalue weighted by atomic mass is 10.4. The quantitative estimate of drug-likeness (QED) is 0.830. The highest BCUT2D eigenvalue weighted by Gasteiger charge is 2.15. The van der Waals surface area contributed by atoms with Gasteiger partial charge in [0.05, 0.1) is 5.69 Å². The number of carbonyl (C=O) groups is 1. The van der Waals surface area contributed by atoms with Gasteiger partial charge >= 0.3 is 5.97 Å². The molecule has 6 heteroatoms. The van der Waals surface area contributed by atoms with Crippen molar-refractivity contribution in [1.82, 2.24) is 9.88 Å². The standard InChI is InChI=1S/C11H19N3O2S/c1-8-9(2)17-11(12-8)14(7-10(15)16)6-5-13(3)4/h5-7H2,1-4H3,(H,15,16). The molecule has 0 aromatic carbocycles. The fourth-order valence-corrected chi connectivity index (χ4v) is 2.25. The van der Waals surface area contributed by atoms with Gasteiger partial charge in [-0.2, -0.15) is 0 Å². The number of aromatic nitrogens is 1. The maximum absolute atomic E-state index is 10.8. The zero-order valence-electron chi connectivity index (χ0n) is 10.7. The number of carboxylic acids is 1. The molecule has 1 aromatic heterocycles. The van der Waals surface area contributed by atoms with E-state index in [-0.39, 0.29) is 6.54 Å². The van der Waals surface area contributed by atoms with E-state index in [1.165, 1.54) is 0 Å². The molecule has 96 valence electrons. The number of thiazole rings is 1. The van der Waals surface area contributed by atoms with Gasteiger partial charge in [-0.1, -0.05) is 0 Å². The van der Waals surface area contributed by atoms with Crippen molar-refractivity contribution in [2.24, 2.45) is 0 Å². The summed E-state index contributed by atoms with van der Waals surface area (Å²) in [6.45, 7) is 5.43. The Kier molecular flexibility index (Phi) is 4.89. The normalized spacial score (nSPS) is 10.9. The van der Waals surface area contributed by atoms with Gasteiger partial charge in [0.15, 0.2) is 5.13 Å². The van der Waals surface area contributed by atoms with Crippen molar-refractivity contribution in [3.63, 3.8) is 0 Å². The summed E-state index contributed by atoms with van der Waals surface area (Å²) in [6, 6.07) is 0. The van der Waals surface area contributed by atoms with Crippen LogP contribution in [0.2, 0.25) is 0 Å². The van der Waals surface area contributed by atoms with Gasteiger partial charge in [-0.05, 0) is 27.9 Å². The summed E-state index contributed by atoms with van der Waals surface area (Å²) >= 11 is 1.55. The Balaban J connectivity index is 2.77. The Morgan fingerprint density at radius 2 is 2.00 bits per heavy atom. The maximum Gasteiger partial charge on any atom is 0.323 e. The Labute approximate surface area is 106 Å². The molecule has 0 unspecified atom stereocenters. The number of aryl methyl sites for hydroxylation is 2. The van der Waals surface area contributed by atoms with Crippen LogP contribution >= 0.6 is 11.3 Å². The Bertz CT molecular complexity index is 371. The van der Waals surface area contributed by atoms with E-state index >= 15 is 0 Å². The molecule has 0 aliphatic rings. The van der Waals surface area contributed by atoms with Crippen LogP contribution in [0.3, 0.4) is 0 Å². The summed E-state index contributed by atoms with van der Waals surface area (Å²) in [5.41, 5.74) is 0.977. The molecule has 0 amide bonds. The third-order valence-corrected chi connectivity index (χ3v) is 3.56. The van der Waals surface area contributed by atoms with Crippen molar-refractivity contribution in [3.8, 4) is 0 Å². The number of nitrogens with zero attached hydrogens (tertiary/aromatic N) is 3. The molecule has 0 aliphatic carbocycles. The first-order valence-corrected chi connectivity index (χ1v) is 6.27. The molecule has 0 saturated heterocycles. The molecule has 0 saturated carbocycles. The lowest BCUT2D eigenvalue weighted by Crippen LogP contribution is -2.35. The van der Waals surface area contributed by atoms with E-state index in [4.69, 9.17) is 5.11 Å². The van der Waals surface area contributed by atoms with Crippen molar-refractivity contribution >= 4 is 22.4 Å². The monoisotopic (exact) mass is 257 g/mol. The molecule has 1 rings (SSSR count). The van der Waals surface area contributed by atoms with Gasteiger partial charge in [0.1, 0.15) is 6.54 Å². The van der Waals surface area contributed by atoms with Crippen LogP contribution in [0.15, 0.2) is 0 Å². The van der Waals surface area contributed by atoms with Crippen molar-refractivity contribution in [1.29, 1.82) is 0 Å². The van der Waals surface area contributed by atoms with E-state index in [1.807, 2.05) is 37.7 Å². The average molecular weight is 257 g/mol. The zero-order chi connectivity index (χ0) is 13.0. The lowest BCUT2D eigenvalue weighted by molar-refractivity contribution is -0.135. The first kappa shape index (κ1) is 13.9. The highest BCUT2D eigenvalue weighted by molar-refractivity contribution is 7.15. The van der Waals surface area contributed by atoms with Crippen LogP contribution in [0.25, 0.3) is 0 Å². The van der Waals surface area contributed by atoms with Crippen LogP contribution in [0.1, 0.15) is 10.6 Å². The fourth-order valence-electron chi connectivity index (χ4n) is 1.32. The predicted molar refractivity (Wildman–Crippen MR) is 70.0 cm³/mol. The highest BCUT2D eigenvalue weighted by Crippen LogP contribution is 2.24. The summed E-state index contributed by atoms with van der Waals surface area (Å²) in [4.78, 5) is 20.2. The summed E-state index contributed by atoms with van der Waals surface area (Å²) in [5.74, 6) is -0.825. The molecule has 0 aliphatic heterocycles. The molecule has 0 fully saturated rings. The highest BCUT2D eigenvalue weighted by atomic mass is 32.1. The number of carboxylic acid groups (broad SMARTS) is 1. The first-order chi connectivity index (χ1) is 7.90. The second kappa shape index (κ2) is 5.97. The largest absolute Gasteiger partial charge is 0.480 e. The average Bonchev–Trinajstić information content (AvgIpc) is 2.53. The summed E-state index contributed by atoms with van der Waals surface area (Å²) in [7, 11) is 3.94. The van der Waals surface area contributed by atoms with Gasteiger partial charge in [0, 0.05) is 18.0 Å². The Hall–Kier alpha value is -1.14. The minimum atomic E-state index is -0.825. The minimum absolute atomic E-state index is 0.000231. The van der Waals surface area contributed by atoms with E-state index in [0.717, 1.165) is 22.2 Å². The molecule has 1 heterocycles. The van der Waals surface area contributed by atoms with Crippen LogP contribution in [-0.4, -0.2) is 54.7 Å². The van der Waals surface area contributed by atoms with Gasteiger partial charge in [0.25, 0.3) is 0 Å². The van der Waals surface area contributed by atoms with Crippen molar-refractivity contribution in [3.05, 3.63) is 10.6 Å². The van der Waals surface area contributed by atoms with Crippen LogP contribution in [0.5, 0.6) is 0 Å². The topological polar surface area (TPSA) is 56.7 Å². The summed E-state index contributed by atoms with van der Waals surface area (Å²) in [6.07, 6.45) is 0. The SMILES string of the molecule is Cc1nc(N(CCN(C)C)CC(=O)O)sc1C. The smallest absolute Gasteiger partial charge is 0.323 e. The molecule has 5 nitrogen and oxygen atoms in total.